The van der Waals surface area contributed by atoms with E-state index in [0.29, 0.717) is 25.4 Å². The quantitative estimate of drug-likeness (QED) is 0.479. The van der Waals surface area contributed by atoms with Gasteiger partial charge in [-0.25, -0.2) is 13.1 Å². The Kier molecular flexibility index (Phi) is 7.61. The minimum absolute atomic E-state index is 0.0985. The van der Waals surface area contributed by atoms with Gasteiger partial charge < -0.3 is 10.1 Å². The Morgan fingerprint density at radius 3 is 3.16 bits per heavy atom. The number of methoxy groups -OCH3 is 1. The highest BCUT2D eigenvalue weighted by molar-refractivity contribution is 7.89. The average molecular weight is 366 g/mol. The lowest BCUT2D eigenvalue weighted by Crippen LogP contribution is -2.37. The molecule has 1 aromatic rings. The van der Waals surface area contributed by atoms with Crippen molar-refractivity contribution in [1.82, 2.24) is 14.6 Å². The summed E-state index contributed by atoms with van der Waals surface area (Å²) in [6, 6.07) is 1.57. The van der Waals surface area contributed by atoms with E-state index in [9.17, 15) is 8.42 Å². The van der Waals surface area contributed by atoms with Crippen molar-refractivity contribution in [2.24, 2.45) is 0 Å². The van der Waals surface area contributed by atoms with Gasteiger partial charge in [0.2, 0.25) is 10.0 Å². The predicted octanol–water partition coefficient (Wildman–Crippen LogP) is 1.22. The second-order valence-electron chi connectivity index (χ2n) is 5.90. The summed E-state index contributed by atoms with van der Waals surface area (Å²) in [6.07, 6.45) is 6.26. The highest BCUT2D eigenvalue weighted by Crippen LogP contribution is 2.21. The first-order valence-corrected chi connectivity index (χ1v) is 9.81. The zero-order valence-corrected chi connectivity index (χ0v) is 15.4. The topological polar surface area (TPSA) is 83.6 Å². The Hall–Kier alpha value is -1.70. The smallest absolute Gasteiger partial charge is 0.244 e. The van der Waals surface area contributed by atoms with Crippen LogP contribution in [-0.4, -0.2) is 64.2 Å². The molecule has 25 heavy (non-hydrogen) atoms. The van der Waals surface area contributed by atoms with E-state index in [0.717, 1.165) is 25.9 Å². The molecule has 7 nitrogen and oxygen atoms in total. The van der Waals surface area contributed by atoms with Crippen molar-refractivity contribution in [3.8, 4) is 0 Å². The third-order valence-corrected chi connectivity index (χ3v) is 5.58. The molecule has 8 heteroatoms. The Bertz CT molecular complexity index is 702. The maximum atomic E-state index is 12.8. The summed E-state index contributed by atoms with van der Waals surface area (Å²) in [6.45, 7) is 7.12. The largest absolute Gasteiger partial charge is 0.384 e. The molecule has 1 unspecified atom stereocenters. The lowest BCUT2D eigenvalue weighted by Gasteiger charge is -2.17. The van der Waals surface area contributed by atoms with E-state index in [2.05, 4.69) is 32.2 Å². The molecule has 2 N–H and O–H groups in total. The minimum Gasteiger partial charge on any atom is -0.384 e. The standard InChI is InChI=1S/C17H26N4O3S/c1-3-4-5-8-19-16-6-9-18-13-17(16)25(22,23)20-15-7-10-21(14-15)11-12-24-2/h4,6,9,13,15,20H,1,5,7-8,10-12,14H2,2H3,(H,18,19). The molecule has 1 aliphatic heterocycles. The van der Waals surface area contributed by atoms with E-state index in [4.69, 9.17) is 4.74 Å². The lowest BCUT2D eigenvalue weighted by atomic mass is 10.3. The van der Waals surface area contributed by atoms with Crippen LogP contribution < -0.4 is 10.0 Å². The summed E-state index contributed by atoms with van der Waals surface area (Å²) < 4.78 is 33.4. The number of hydrogen-bond donors (Lipinski definition) is 2. The van der Waals surface area contributed by atoms with E-state index in [1.807, 2.05) is 0 Å². The van der Waals surface area contributed by atoms with Crippen LogP contribution in [0.3, 0.4) is 0 Å². The first kappa shape index (κ1) is 19.6. The van der Waals surface area contributed by atoms with Gasteiger partial charge >= 0.3 is 0 Å². The number of likely N-dealkylation sites (tertiary alicyclic amines) is 1. The number of sulfonamides is 1. The number of ether oxygens (including phenoxy) is 1. The number of rotatable bonds is 10. The molecular formula is C17H26N4O3S. The minimum atomic E-state index is -3.63. The van der Waals surface area contributed by atoms with E-state index in [1.54, 1.807) is 25.4 Å². The van der Waals surface area contributed by atoms with Gasteiger partial charge in [-0.1, -0.05) is 6.58 Å². The molecule has 1 saturated heterocycles. The number of anilines is 1. The first-order chi connectivity index (χ1) is 12.1. The molecule has 2 heterocycles. The third-order valence-electron chi connectivity index (χ3n) is 4.03. The molecule has 1 aliphatic rings. The van der Waals surface area contributed by atoms with Gasteiger partial charge in [-0.3, -0.25) is 9.88 Å². The van der Waals surface area contributed by atoms with E-state index in [1.165, 1.54) is 6.20 Å². The fourth-order valence-corrected chi connectivity index (χ4v) is 4.14. The highest BCUT2D eigenvalue weighted by atomic mass is 32.2. The van der Waals surface area contributed by atoms with Gasteiger partial charge in [0.15, 0.2) is 0 Å². The first-order valence-electron chi connectivity index (χ1n) is 8.32. The van der Waals surface area contributed by atoms with E-state index < -0.39 is 10.0 Å². The summed E-state index contributed by atoms with van der Waals surface area (Å²) in [5.41, 5.74) is 3.24. The molecule has 0 radical (unpaired) electrons. The molecule has 0 aromatic carbocycles. The van der Waals surface area contributed by atoms with E-state index >= 15 is 0 Å². The average Bonchev–Trinajstić information content (AvgIpc) is 3.04. The molecule has 0 spiro atoms. The Labute approximate surface area is 149 Å². The molecule has 2 rings (SSSR count). The summed E-state index contributed by atoms with van der Waals surface area (Å²) in [5.74, 6) is 0. The summed E-state index contributed by atoms with van der Waals surface area (Å²) >= 11 is 0. The molecule has 0 saturated carbocycles. The SMILES string of the molecule is C=C=CCCNc1ccncc1S(=O)(=O)NC1CCN(CCOC)C1. The van der Waals surface area contributed by atoms with Crippen molar-refractivity contribution in [1.29, 1.82) is 0 Å². The molecule has 0 amide bonds. The normalized spacial score (nSPS) is 18.0. The summed E-state index contributed by atoms with van der Waals surface area (Å²) in [7, 11) is -1.97. The van der Waals surface area contributed by atoms with Gasteiger partial charge in [0.05, 0.1) is 12.3 Å². The number of hydrogen-bond acceptors (Lipinski definition) is 6. The Morgan fingerprint density at radius 2 is 2.40 bits per heavy atom. The van der Waals surface area contributed by atoms with Crippen LogP contribution in [0.1, 0.15) is 12.8 Å². The maximum Gasteiger partial charge on any atom is 0.244 e. The fraction of sp³-hybridized carbons (Fsp3) is 0.529. The molecule has 1 atom stereocenters. The monoisotopic (exact) mass is 366 g/mol. The predicted molar refractivity (Wildman–Crippen MR) is 98.1 cm³/mol. The van der Waals surface area contributed by atoms with Crippen LogP contribution in [0.2, 0.25) is 0 Å². The van der Waals surface area contributed by atoms with Crippen molar-refractivity contribution in [2.45, 2.75) is 23.8 Å². The number of nitrogens with zero attached hydrogens (tertiary/aromatic N) is 2. The Balaban J connectivity index is 2.01. The van der Waals surface area contributed by atoms with Crippen molar-refractivity contribution in [2.75, 3.05) is 45.2 Å². The highest BCUT2D eigenvalue weighted by Gasteiger charge is 2.28. The van der Waals surface area contributed by atoms with Crippen LogP contribution in [0.4, 0.5) is 5.69 Å². The molecule has 1 fully saturated rings. The fourth-order valence-electron chi connectivity index (χ4n) is 2.76. The zero-order chi connectivity index (χ0) is 18.1. The van der Waals surface area contributed by atoms with Gasteiger partial charge in [0.1, 0.15) is 4.90 Å². The van der Waals surface area contributed by atoms with Gasteiger partial charge in [0.25, 0.3) is 0 Å². The second-order valence-corrected chi connectivity index (χ2v) is 7.58. The van der Waals surface area contributed by atoms with Crippen LogP contribution in [0.5, 0.6) is 0 Å². The van der Waals surface area contributed by atoms with Gasteiger partial charge in [0, 0.05) is 45.2 Å². The lowest BCUT2D eigenvalue weighted by molar-refractivity contribution is 0.160. The molecule has 1 aromatic heterocycles. The molecule has 0 aliphatic carbocycles. The van der Waals surface area contributed by atoms with Crippen molar-refractivity contribution < 1.29 is 13.2 Å². The van der Waals surface area contributed by atoms with Gasteiger partial charge in [-0.05, 0) is 31.5 Å². The molecular weight excluding hydrogens is 340 g/mol. The van der Waals surface area contributed by atoms with Crippen LogP contribution in [0.15, 0.2) is 41.7 Å². The van der Waals surface area contributed by atoms with Gasteiger partial charge in [-0.15, -0.1) is 5.73 Å². The zero-order valence-electron chi connectivity index (χ0n) is 14.6. The van der Waals surface area contributed by atoms with Crippen LogP contribution in [-0.2, 0) is 14.8 Å². The number of nitrogens with one attached hydrogen (secondary N) is 2. The second kappa shape index (κ2) is 9.70. The van der Waals surface area contributed by atoms with Crippen molar-refractivity contribution in [3.63, 3.8) is 0 Å². The van der Waals surface area contributed by atoms with Crippen LogP contribution in [0.25, 0.3) is 0 Å². The van der Waals surface area contributed by atoms with Crippen molar-refractivity contribution in [3.05, 3.63) is 36.8 Å². The van der Waals surface area contributed by atoms with E-state index in [-0.39, 0.29) is 10.9 Å². The van der Waals surface area contributed by atoms with Gasteiger partial charge in [-0.2, -0.15) is 0 Å². The Morgan fingerprint density at radius 1 is 1.56 bits per heavy atom. The molecule has 138 valence electrons. The van der Waals surface area contributed by atoms with Crippen molar-refractivity contribution >= 4 is 15.7 Å². The summed E-state index contributed by atoms with van der Waals surface area (Å²) in [4.78, 5) is 6.34. The van der Waals surface area contributed by atoms with Crippen LogP contribution >= 0.6 is 0 Å². The third kappa shape index (κ3) is 5.95. The number of pyridine rings is 1. The summed E-state index contributed by atoms with van der Waals surface area (Å²) in [5, 5.41) is 3.13. The number of aromatic nitrogens is 1. The van der Waals surface area contributed by atoms with Crippen LogP contribution in [0, 0.1) is 0 Å². The maximum absolute atomic E-state index is 12.8. The molecule has 0 bridgehead atoms.